The normalized spacial score (nSPS) is 29.9. The first kappa shape index (κ1) is 12.3. The van der Waals surface area contributed by atoms with Crippen molar-refractivity contribution in [2.24, 2.45) is 7.05 Å². The summed E-state index contributed by atoms with van der Waals surface area (Å²) in [6, 6.07) is 0. The van der Waals surface area contributed by atoms with Crippen LogP contribution in [-0.4, -0.2) is 31.5 Å². The Morgan fingerprint density at radius 3 is 2.81 bits per heavy atom. The van der Waals surface area contributed by atoms with Gasteiger partial charge in [-0.3, -0.25) is 4.68 Å². The smallest absolute Gasteiger partial charge is 0.0848 e. The zero-order valence-electron chi connectivity index (χ0n) is 9.83. The van der Waals surface area contributed by atoms with Gasteiger partial charge >= 0.3 is 0 Å². The Bertz CT molecular complexity index is 407. The molecule has 1 saturated heterocycles. The predicted octanol–water partition coefficient (Wildman–Crippen LogP) is 2.18. The van der Waals surface area contributed by atoms with Crippen LogP contribution in [0.15, 0.2) is 0 Å². The van der Waals surface area contributed by atoms with Crippen LogP contribution in [0.2, 0.25) is 5.02 Å². The molecule has 0 bridgehead atoms. The summed E-state index contributed by atoms with van der Waals surface area (Å²) in [6.07, 6.45) is 1.43. The zero-order chi connectivity index (χ0) is 11.9. The lowest BCUT2D eigenvalue weighted by Gasteiger charge is -2.26. The number of rotatable bonds is 2. The second-order valence-electron chi connectivity index (χ2n) is 4.51. The molecule has 0 amide bonds. The maximum absolute atomic E-state index is 10.6. The molecule has 2 heterocycles. The van der Waals surface area contributed by atoms with E-state index in [1.165, 1.54) is 0 Å². The average molecular weight is 261 g/mol. The summed E-state index contributed by atoms with van der Waals surface area (Å²) < 4.78 is 1.78. The minimum atomic E-state index is -0.630. The molecule has 1 aromatic rings. The third kappa shape index (κ3) is 1.98. The first-order valence-corrected chi connectivity index (χ1v) is 6.88. The summed E-state index contributed by atoms with van der Waals surface area (Å²) >= 11 is 8.02. The molecule has 1 N–H and O–H groups in total. The molecule has 2 unspecified atom stereocenters. The monoisotopic (exact) mass is 260 g/mol. The van der Waals surface area contributed by atoms with E-state index in [1.807, 2.05) is 25.7 Å². The first-order chi connectivity index (χ1) is 7.44. The van der Waals surface area contributed by atoms with Crippen molar-refractivity contribution in [3.8, 4) is 0 Å². The molecule has 1 aromatic heterocycles. The van der Waals surface area contributed by atoms with Crippen molar-refractivity contribution in [3.05, 3.63) is 16.4 Å². The van der Waals surface area contributed by atoms with E-state index in [0.717, 1.165) is 23.6 Å². The van der Waals surface area contributed by atoms with Gasteiger partial charge in [0.2, 0.25) is 0 Å². The highest BCUT2D eigenvalue weighted by Crippen LogP contribution is 2.39. The van der Waals surface area contributed by atoms with Gasteiger partial charge in [-0.15, -0.1) is 0 Å². The van der Waals surface area contributed by atoms with Crippen LogP contribution in [0.25, 0.3) is 0 Å². The Kier molecular flexibility index (Phi) is 3.25. The van der Waals surface area contributed by atoms with Gasteiger partial charge in [0.15, 0.2) is 0 Å². The molecule has 1 aliphatic heterocycles. The highest BCUT2D eigenvalue weighted by molar-refractivity contribution is 8.00. The Morgan fingerprint density at radius 2 is 2.38 bits per heavy atom. The van der Waals surface area contributed by atoms with E-state index in [0.29, 0.717) is 11.4 Å². The van der Waals surface area contributed by atoms with E-state index in [9.17, 15) is 5.11 Å². The molecular weight excluding hydrogens is 244 g/mol. The Balaban J connectivity index is 2.26. The van der Waals surface area contributed by atoms with Crippen molar-refractivity contribution >= 4 is 23.4 Å². The summed E-state index contributed by atoms with van der Waals surface area (Å²) in [7, 11) is 1.88. The molecule has 0 saturated carbocycles. The highest BCUT2D eigenvalue weighted by atomic mass is 35.5. The summed E-state index contributed by atoms with van der Waals surface area (Å²) in [5.41, 5.74) is 1.14. The van der Waals surface area contributed by atoms with E-state index in [2.05, 4.69) is 12.0 Å². The van der Waals surface area contributed by atoms with Crippen LogP contribution in [0.3, 0.4) is 0 Å². The van der Waals surface area contributed by atoms with Gasteiger partial charge in [0, 0.05) is 18.7 Å². The van der Waals surface area contributed by atoms with Gasteiger partial charge in [-0.05, 0) is 19.1 Å². The lowest BCUT2D eigenvalue weighted by molar-refractivity contribution is 0.0446. The Hall–Kier alpha value is -0.190. The van der Waals surface area contributed by atoms with Crippen molar-refractivity contribution in [2.45, 2.75) is 37.5 Å². The van der Waals surface area contributed by atoms with E-state index in [-0.39, 0.29) is 5.25 Å². The summed E-state index contributed by atoms with van der Waals surface area (Å²) in [6.45, 7) is 3.97. The minimum Gasteiger partial charge on any atom is -0.388 e. The number of aromatic nitrogens is 2. The van der Waals surface area contributed by atoms with Crippen LogP contribution in [0.1, 0.15) is 24.7 Å². The van der Waals surface area contributed by atoms with Crippen LogP contribution in [0, 0.1) is 6.92 Å². The van der Waals surface area contributed by atoms with Crippen molar-refractivity contribution in [3.63, 3.8) is 0 Å². The predicted molar refractivity (Wildman–Crippen MR) is 68.1 cm³/mol. The lowest BCUT2D eigenvalue weighted by atomic mass is 9.91. The molecule has 90 valence electrons. The first-order valence-electron chi connectivity index (χ1n) is 5.46. The quantitative estimate of drug-likeness (QED) is 0.886. The number of hydrogen-bond acceptors (Lipinski definition) is 3. The van der Waals surface area contributed by atoms with Crippen molar-refractivity contribution in [2.75, 3.05) is 5.75 Å². The van der Waals surface area contributed by atoms with Gasteiger partial charge in [-0.2, -0.15) is 16.9 Å². The summed E-state index contributed by atoms with van der Waals surface area (Å²) in [5, 5.41) is 15.8. The molecule has 1 fully saturated rings. The largest absolute Gasteiger partial charge is 0.388 e. The molecule has 16 heavy (non-hydrogen) atoms. The van der Waals surface area contributed by atoms with Gasteiger partial charge < -0.3 is 5.11 Å². The third-order valence-corrected chi connectivity index (χ3v) is 5.26. The van der Waals surface area contributed by atoms with Crippen molar-refractivity contribution in [1.82, 2.24) is 9.78 Å². The minimum absolute atomic E-state index is 0.263. The van der Waals surface area contributed by atoms with Crippen LogP contribution >= 0.6 is 23.4 Å². The van der Waals surface area contributed by atoms with E-state index in [1.54, 1.807) is 4.68 Å². The Labute approximate surface area is 105 Å². The van der Waals surface area contributed by atoms with Crippen molar-refractivity contribution in [1.29, 1.82) is 0 Å². The Morgan fingerprint density at radius 1 is 1.69 bits per heavy atom. The summed E-state index contributed by atoms with van der Waals surface area (Å²) in [5.74, 6) is 1.02. The molecule has 0 aromatic carbocycles. The molecular formula is C11H17ClN2OS. The van der Waals surface area contributed by atoms with Gasteiger partial charge in [0.05, 0.1) is 22.0 Å². The summed E-state index contributed by atoms with van der Waals surface area (Å²) in [4.78, 5) is 0. The fourth-order valence-corrected chi connectivity index (χ4v) is 3.73. The number of hydrogen-bond donors (Lipinski definition) is 1. The lowest BCUT2D eigenvalue weighted by Crippen LogP contribution is -2.37. The molecule has 2 atom stereocenters. The van der Waals surface area contributed by atoms with E-state index in [4.69, 9.17) is 11.6 Å². The fourth-order valence-electron chi connectivity index (χ4n) is 2.17. The number of halogens is 1. The maximum atomic E-state index is 10.6. The standard InChI is InChI=1S/C11H17ClN2OS/c1-7-10(12)9(14(3)13-7)6-11(15)4-5-16-8(11)2/h8,15H,4-6H2,1-3H3. The molecule has 1 aliphatic rings. The second-order valence-corrected chi connectivity index (χ2v) is 6.34. The molecule has 5 heteroatoms. The van der Waals surface area contributed by atoms with Gasteiger partial charge in [-0.25, -0.2) is 0 Å². The maximum Gasteiger partial charge on any atom is 0.0848 e. The SMILES string of the molecule is Cc1nn(C)c(CC2(O)CCSC2C)c1Cl. The van der Waals surface area contributed by atoms with Gasteiger partial charge in [0.1, 0.15) is 0 Å². The molecule has 0 radical (unpaired) electrons. The number of nitrogens with zero attached hydrogens (tertiary/aromatic N) is 2. The highest BCUT2D eigenvalue weighted by Gasteiger charge is 2.40. The third-order valence-electron chi connectivity index (χ3n) is 3.39. The number of aryl methyl sites for hydroxylation is 2. The second kappa shape index (κ2) is 4.24. The molecule has 0 aliphatic carbocycles. The topological polar surface area (TPSA) is 38.0 Å². The van der Waals surface area contributed by atoms with Crippen molar-refractivity contribution < 1.29 is 5.11 Å². The van der Waals surface area contributed by atoms with Gasteiger partial charge in [-0.1, -0.05) is 18.5 Å². The molecule has 0 spiro atoms. The molecule has 2 rings (SSSR count). The van der Waals surface area contributed by atoms with Crippen LogP contribution < -0.4 is 0 Å². The van der Waals surface area contributed by atoms with Crippen LogP contribution in [0.4, 0.5) is 0 Å². The van der Waals surface area contributed by atoms with Crippen LogP contribution in [0.5, 0.6) is 0 Å². The number of thioether (sulfide) groups is 1. The van der Waals surface area contributed by atoms with E-state index >= 15 is 0 Å². The van der Waals surface area contributed by atoms with Crippen LogP contribution in [-0.2, 0) is 13.5 Å². The fraction of sp³-hybridized carbons (Fsp3) is 0.727. The molecule has 3 nitrogen and oxygen atoms in total. The average Bonchev–Trinajstić information content (AvgIpc) is 2.64. The number of aliphatic hydroxyl groups is 1. The van der Waals surface area contributed by atoms with Gasteiger partial charge in [0.25, 0.3) is 0 Å². The van der Waals surface area contributed by atoms with E-state index < -0.39 is 5.60 Å². The zero-order valence-corrected chi connectivity index (χ0v) is 11.4.